The Morgan fingerprint density at radius 1 is 0.967 bits per heavy atom. The summed E-state index contributed by atoms with van der Waals surface area (Å²) in [5.41, 5.74) is 3.41. The minimum Gasteiger partial charge on any atom is -0.372 e. The molecular formula is C25H25ClFNO2. The zero-order valence-corrected chi connectivity index (χ0v) is 17.4. The lowest BCUT2D eigenvalue weighted by molar-refractivity contribution is 0.0106. The molecule has 3 aromatic carbocycles. The summed E-state index contributed by atoms with van der Waals surface area (Å²) in [6.07, 6.45) is 0.950. The van der Waals surface area contributed by atoms with E-state index in [1.165, 1.54) is 12.1 Å². The highest BCUT2D eigenvalue weighted by atomic mass is 35.5. The van der Waals surface area contributed by atoms with Crippen molar-refractivity contribution in [3.05, 3.63) is 107 Å². The number of hydrogen-bond acceptors (Lipinski definition) is 3. The van der Waals surface area contributed by atoms with Gasteiger partial charge >= 0.3 is 0 Å². The Morgan fingerprint density at radius 2 is 1.70 bits per heavy atom. The molecule has 0 aromatic heterocycles. The second-order valence-electron chi connectivity index (χ2n) is 7.40. The summed E-state index contributed by atoms with van der Waals surface area (Å²) in [5.74, 6) is 0.0157. The Labute approximate surface area is 182 Å². The Morgan fingerprint density at radius 3 is 2.47 bits per heavy atom. The summed E-state index contributed by atoms with van der Waals surface area (Å²) in [4.78, 5) is 12.7. The van der Waals surface area contributed by atoms with Gasteiger partial charge in [0.1, 0.15) is 5.82 Å². The highest BCUT2D eigenvalue weighted by molar-refractivity contribution is 6.09. The van der Waals surface area contributed by atoms with Gasteiger partial charge in [-0.05, 0) is 42.3 Å². The smallest absolute Gasteiger partial charge is 0.193 e. The van der Waals surface area contributed by atoms with Crippen LogP contribution in [0.15, 0.2) is 78.9 Å². The minimum atomic E-state index is -0.222. The summed E-state index contributed by atoms with van der Waals surface area (Å²) in [6.45, 7) is 2.10. The molecule has 156 valence electrons. The third-order valence-corrected chi connectivity index (χ3v) is 5.41. The van der Waals surface area contributed by atoms with Crippen molar-refractivity contribution >= 4 is 18.2 Å². The Kier molecular flexibility index (Phi) is 7.75. The van der Waals surface area contributed by atoms with E-state index < -0.39 is 0 Å². The normalized spacial score (nSPS) is 18.4. The summed E-state index contributed by atoms with van der Waals surface area (Å²) in [7, 11) is 0. The van der Waals surface area contributed by atoms with Crippen LogP contribution in [0.2, 0.25) is 0 Å². The van der Waals surface area contributed by atoms with Gasteiger partial charge in [0.25, 0.3) is 0 Å². The molecule has 3 nitrogen and oxygen atoms in total. The minimum absolute atomic E-state index is 0. The van der Waals surface area contributed by atoms with Gasteiger partial charge < -0.3 is 10.1 Å². The van der Waals surface area contributed by atoms with E-state index in [0.717, 1.165) is 30.6 Å². The third kappa shape index (κ3) is 5.33. The van der Waals surface area contributed by atoms with Crippen LogP contribution in [-0.2, 0) is 11.3 Å². The Hall–Kier alpha value is -2.53. The fourth-order valence-corrected chi connectivity index (χ4v) is 3.86. The molecule has 5 heteroatoms. The molecule has 0 aliphatic carbocycles. The number of nitrogens with one attached hydrogen (secondary N) is 1. The molecule has 0 saturated carbocycles. The monoisotopic (exact) mass is 425 g/mol. The van der Waals surface area contributed by atoms with Crippen LogP contribution in [0.1, 0.15) is 39.4 Å². The zero-order valence-electron chi connectivity index (χ0n) is 16.6. The summed E-state index contributed by atoms with van der Waals surface area (Å²) in [6, 6.07) is 23.6. The molecule has 1 aliphatic rings. The number of rotatable bonds is 6. The van der Waals surface area contributed by atoms with Crippen molar-refractivity contribution in [2.75, 3.05) is 13.1 Å². The molecular weight excluding hydrogens is 401 g/mol. The molecule has 4 rings (SSSR count). The van der Waals surface area contributed by atoms with Crippen LogP contribution < -0.4 is 5.32 Å². The Bertz CT molecular complexity index is 962. The van der Waals surface area contributed by atoms with Crippen LogP contribution in [0.5, 0.6) is 0 Å². The van der Waals surface area contributed by atoms with E-state index in [4.69, 9.17) is 4.74 Å². The highest BCUT2D eigenvalue weighted by Gasteiger charge is 2.27. The topological polar surface area (TPSA) is 38.3 Å². The molecule has 1 saturated heterocycles. The lowest BCUT2D eigenvalue weighted by Gasteiger charge is -2.32. The van der Waals surface area contributed by atoms with Crippen molar-refractivity contribution in [2.45, 2.75) is 25.0 Å². The third-order valence-electron chi connectivity index (χ3n) is 5.41. The standard InChI is InChI=1S/C25H24FNO2.ClH/c26-22-11-9-19(10-12-22)23-13-14-27-16-24(23)29-17-18-5-4-8-21(15-18)25(28)20-6-2-1-3-7-20;/h1-12,15,23-24,27H,13-14,16-17H2;1H. The van der Waals surface area contributed by atoms with E-state index in [0.29, 0.717) is 17.7 Å². The van der Waals surface area contributed by atoms with Crippen molar-refractivity contribution in [3.63, 3.8) is 0 Å². The molecule has 0 amide bonds. The van der Waals surface area contributed by atoms with Crippen LogP contribution in [0.25, 0.3) is 0 Å². The van der Waals surface area contributed by atoms with Gasteiger partial charge in [-0.25, -0.2) is 4.39 Å². The lowest BCUT2D eigenvalue weighted by atomic mass is 9.88. The molecule has 2 unspecified atom stereocenters. The first-order chi connectivity index (χ1) is 14.2. The second kappa shape index (κ2) is 10.5. The maximum absolute atomic E-state index is 13.3. The van der Waals surface area contributed by atoms with Crippen LogP contribution >= 0.6 is 12.4 Å². The number of benzene rings is 3. The predicted molar refractivity (Wildman–Crippen MR) is 119 cm³/mol. The quantitative estimate of drug-likeness (QED) is 0.555. The molecule has 3 aromatic rings. The van der Waals surface area contributed by atoms with Gasteiger partial charge in [-0.15, -0.1) is 12.4 Å². The van der Waals surface area contributed by atoms with E-state index in [2.05, 4.69) is 5.32 Å². The fourth-order valence-electron chi connectivity index (χ4n) is 3.86. The van der Waals surface area contributed by atoms with Crippen LogP contribution in [0.4, 0.5) is 4.39 Å². The number of carbonyl (C=O) groups excluding carboxylic acids is 1. The lowest BCUT2D eigenvalue weighted by Crippen LogP contribution is -2.40. The summed E-state index contributed by atoms with van der Waals surface area (Å²) in [5, 5.41) is 3.38. The number of ketones is 1. The van der Waals surface area contributed by atoms with Crippen LogP contribution in [0.3, 0.4) is 0 Å². The molecule has 30 heavy (non-hydrogen) atoms. The average molecular weight is 426 g/mol. The summed E-state index contributed by atoms with van der Waals surface area (Å²) >= 11 is 0. The van der Waals surface area contributed by atoms with E-state index in [-0.39, 0.29) is 36.0 Å². The van der Waals surface area contributed by atoms with Crippen LogP contribution in [0, 0.1) is 5.82 Å². The average Bonchev–Trinajstić information content (AvgIpc) is 2.79. The van der Waals surface area contributed by atoms with Crippen molar-refractivity contribution in [3.8, 4) is 0 Å². The highest BCUT2D eigenvalue weighted by Crippen LogP contribution is 2.28. The first-order valence-corrected chi connectivity index (χ1v) is 9.97. The van der Waals surface area contributed by atoms with Gasteiger partial charge in [0.05, 0.1) is 12.7 Å². The molecule has 0 bridgehead atoms. The predicted octanol–water partition coefficient (Wildman–Crippen LogP) is 5.14. The number of carbonyl (C=O) groups is 1. The molecule has 0 radical (unpaired) electrons. The van der Waals surface area contributed by atoms with Gasteiger partial charge in [-0.2, -0.15) is 0 Å². The molecule has 1 N–H and O–H groups in total. The van der Waals surface area contributed by atoms with Gasteiger partial charge in [-0.1, -0.05) is 60.7 Å². The Balaban J connectivity index is 0.00000256. The van der Waals surface area contributed by atoms with Crippen molar-refractivity contribution in [1.82, 2.24) is 5.32 Å². The first-order valence-electron chi connectivity index (χ1n) is 9.97. The number of ether oxygens (including phenoxy) is 1. The number of hydrogen-bond donors (Lipinski definition) is 1. The zero-order chi connectivity index (χ0) is 20.1. The number of halogens is 2. The van der Waals surface area contributed by atoms with Crippen LogP contribution in [-0.4, -0.2) is 25.0 Å². The van der Waals surface area contributed by atoms with Gasteiger partial charge in [0.2, 0.25) is 0 Å². The van der Waals surface area contributed by atoms with Crippen molar-refractivity contribution in [2.24, 2.45) is 0 Å². The maximum atomic E-state index is 13.3. The summed E-state index contributed by atoms with van der Waals surface area (Å²) < 4.78 is 19.5. The molecule has 1 aliphatic heterocycles. The molecule has 1 fully saturated rings. The van der Waals surface area contributed by atoms with Crippen molar-refractivity contribution in [1.29, 1.82) is 0 Å². The maximum Gasteiger partial charge on any atom is 0.193 e. The molecule has 1 heterocycles. The van der Waals surface area contributed by atoms with Gasteiger partial charge in [0, 0.05) is 23.6 Å². The van der Waals surface area contributed by atoms with E-state index >= 15 is 0 Å². The first kappa shape index (κ1) is 22.2. The SMILES string of the molecule is Cl.O=C(c1ccccc1)c1cccc(COC2CNCCC2c2ccc(F)cc2)c1. The van der Waals surface area contributed by atoms with E-state index in [9.17, 15) is 9.18 Å². The van der Waals surface area contributed by atoms with Gasteiger partial charge in [0.15, 0.2) is 5.78 Å². The van der Waals surface area contributed by atoms with E-state index in [1.807, 2.05) is 66.7 Å². The molecule has 0 spiro atoms. The van der Waals surface area contributed by atoms with E-state index in [1.54, 1.807) is 0 Å². The fraction of sp³-hybridized carbons (Fsp3) is 0.240. The number of piperidine rings is 1. The van der Waals surface area contributed by atoms with Crippen molar-refractivity contribution < 1.29 is 13.9 Å². The largest absolute Gasteiger partial charge is 0.372 e. The van der Waals surface area contributed by atoms with Gasteiger partial charge in [-0.3, -0.25) is 4.79 Å². The molecule has 2 atom stereocenters. The second-order valence-corrected chi connectivity index (χ2v) is 7.40.